The normalized spacial score (nSPS) is 40.1. The van der Waals surface area contributed by atoms with E-state index >= 15 is 0 Å². The van der Waals surface area contributed by atoms with Crippen LogP contribution in [0.5, 0.6) is 0 Å². The second-order valence-corrected chi connectivity index (χ2v) is 5.96. The van der Waals surface area contributed by atoms with E-state index in [1.807, 2.05) is 0 Å². The summed E-state index contributed by atoms with van der Waals surface area (Å²) in [5.41, 5.74) is 3.11. The number of hydrogen-bond acceptors (Lipinski definition) is 7. The Kier molecular flexibility index (Phi) is 2.47. The van der Waals surface area contributed by atoms with Crippen molar-refractivity contribution in [3.05, 3.63) is 18.3 Å². The van der Waals surface area contributed by atoms with Crippen molar-refractivity contribution in [2.75, 3.05) is 12.3 Å². The molecule has 0 radical (unpaired) electrons. The van der Waals surface area contributed by atoms with Crippen LogP contribution in [0, 0.1) is 5.82 Å². The molecule has 0 bridgehead atoms. The molecular formula is C13H15FN4O4. The molecule has 2 aromatic heterocycles. The summed E-state index contributed by atoms with van der Waals surface area (Å²) in [5, 5.41) is 30.2. The molecule has 0 aromatic carbocycles. The number of nitrogens with two attached hydrogens (primary N) is 1. The summed E-state index contributed by atoms with van der Waals surface area (Å²) < 4.78 is 21.1. The largest absolute Gasteiger partial charge is 0.394 e. The molecule has 1 aliphatic carbocycles. The summed E-state index contributed by atoms with van der Waals surface area (Å²) in [4.78, 5) is 7.76. The molecule has 2 fully saturated rings. The first-order chi connectivity index (χ1) is 10.4. The van der Waals surface area contributed by atoms with Gasteiger partial charge in [-0.05, 0) is 6.92 Å². The van der Waals surface area contributed by atoms with E-state index in [4.69, 9.17) is 10.5 Å². The van der Waals surface area contributed by atoms with Crippen molar-refractivity contribution in [2.24, 2.45) is 0 Å². The molecule has 4 rings (SSSR count). The summed E-state index contributed by atoms with van der Waals surface area (Å²) in [6.07, 6.45) is 0.197. The second-order valence-electron chi connectivity index (χ2n) is 5.96. The molecule has 9 heteroatoms. The van der Waals surface area contributed by atoms with Crippen molar-refractivity contribution >= 4 is 16.9 Å². The Hall–Kier alpha value is -1.81. The van der Waals surface area contributed by atoms with E-state index in [0.29, 0.717) is 0 Å². The van der Waals surface area contributed by atoms with Gasteiger partial charge in [0.1, 0.15) is 47.2 Å². The van der Waals surface area contributed by atoms with Gasteiger partial charge in [0.25, 0.3) is 0 Å². The number of fused-ring (bicyclic) bond motifs is 2. The molecule has 2 aromatic rings. The van der Waals surface area contributed by atoms with Gasteiger partial charge in [-0.25, -0.2) is 14.4 Å². The highest BCUT2D eigenvalue weighted by atomic mass is 19.1. The molecule has 3 heterocycles. The number of anilines is 1. The van der Waals surface area contributed by atoms with Crippen LogP contribution in [-0.2, 0) is 4.74 Å². The van der Waals surface area contributed by atoms with Crippen molar-refractivity contribution < 1.29 is 24.4 Å². The van der Waals surface area contributed by atoms with E-state index in [1.54, 1.807) is 6.92 Å². The predicted octanol–water partition coefficient (Wildman–Crippen LogP) is -1.05. The van der Waals surface area contributed by atoms with Crippen molar-refractivity contribution in [1.29, 1.82) is 0 Å². The van der Waals surface area contributed by atoms with Crippen LogP contribution in [0.2, 0.25) is 0 Å². The lowest BCUT2D eigenvalue weighted by atomic mass is 10.1. The fourth-order valence-electron chi connectivity index (χ4n) is 3.73. The molecular weight excluding hydrogens is 295 g/mol. The highest BCUT2D eigenvalue weighted by Crippen LogP contribution is 2.67. The van der Waals surface area contributed by atoms with E-state index in [2.05, 4.69) is 9.97 Å². The molecule has 8 nitrogen and oxygen atoms in total. The van der Waals surface area contributed by atoms with Gasteiger partial charge in [0.2, 0.25) is 0 Å². The van der Waals surface area contributed by atoms with E-state index in [9.17, 15) is 19.7 Å². The number of halogens is 1. The van der Waals surface area contributed by atoms with Crippen molar-refractivity contribution in [3.63, 3.8) is 0 Å². The Morgan fingerprint density at radius 3 is 2.82 bits per heavy atom. The average Bonchev–Trinajstić information content (AvgIpc) is 2.71. The Morgan fingerprint density at radius 1 is 1.50 bits per heavy atom. The zero-order valence-electron chi connectivity index (χ0n) is 11.6. The molecule has 0 amide bonds. The molecule has 1 saturated carbocycles. The zero-order valence-corrected chi connectivity index (χ0v) is 11.6. The number of nitrogen functional groups attached to an aromatic ring is 1. The van der Waals surface area contributed by atoms with E-state index < -0.39 is 41.9 Å². The van der Waals surface area contributed by atoms with Crippen LogP contribution in [0.1, 0.15) is 13.0 Å². The lowest BCUT2D eigenvalue weighted by Crippen LogP contribution is -2.39. The molecule has 1 aliphatic heterocycles. The van der Waals surface area contributed by atoms with E-state index in [0.717, 1.165) is 6.20 Å². The minimum atomic E-state index is -1.63. The lowest BCUT2D eigenvalue weighted by molar-refractivity contribution is -0.0726. The maximum atomic E-state index is 14.1. The maximum absolute atomic E-state index is 14.1. The van der Waals surface area contributed by atoms with Gasteiger partial charge < -0.3 is 30.4 Å². The third-order valence-electron chi connectivity index (χ3n) is 4.90. The molecule has 118 valence electrons. The highest BCUT2D eigenvalue weighted by molar-refractivity contribution is 5.87. The van der Waals surface area contributed by atoms with Crippen molar-refractivity contribution in [2.45, 2.75) is 36.4 Å². The zero-order chi connectivity index (χ0) is 15.9. The molecule has 5 atom stereocenters. The molecule has 0 spiro atoms. The van der Waals surface area contributed by atoms with Crippen LogP contribution in [0.25, 0.3) is 11.0 Å². The Balaban J connectivity index is 1.85. The third-order valence-corrected chi connectivity index (χ3v) is 4.90. The number of ether oxygens (including phenoxy) is 1. The smallest absolute Gasteiger partial charge is 0.154 e. The Labute approximate surface area is 124 Å². The van der Waals surface area contributed by atoms with Crippen LogP contribution >= 0.6 is 0 Å². The molecule has 1 saturated heterocycles. The first-order valence-corrected chi connectivity index (χ1v) is 6.82. The van der Waals surface area contributed by atoms with Gasteiger partial charge in [-0.1, -0.05) is 0 Å². The maximum Gasteiger partial charge on any atom is 0.154 e. The van der Waals surface area contributed by atoms with Crippen molar-refractivity contribution in [1.82, 2.24) is 14.5 Å². The van der Waals surface area contributed by atoms with Gasteiger partial charge in [0, 0.05) is 6.20 Å². The monoisotopic (exact) mass is 310 g/mol. The van der Waals surface area contributed by atoms with E-state index in [1.165, 1.54) is 10.9 Å². The summed E-state index contributed by atoms with van der Waals surface area (Å²) in [6.45, 7) is 1.19. The van der Waals surface area contributed by atoms with Gasteiger partial charge >= 0.3 is 0 Å². The predicted molar refractivity (Wildman–Crippen MR) is 72.3 cm³/mol. The number of aromatic nitrogens is 3. The minimum Gasteiger partial charge on any atom is -0.394 e. The fraction of sp³-hybridized carbons (Fsp3) is 0.538. The van der Waals surface area contributed by atoms with Crippen LogP contribution in [-0.4, -0.2) is 59.9 Å². The van der Waals surface area contributed by atoms with Gasteiger partial charge in [0.05, 0.1) is 12.0 Å². The van der Waals surface area contributed by atoms with Gasteiger partial charge in [0.15, 0.2) is 5.82 Å². The summed E-state index contributed by atoms with van der Waals surface area (Å²) in [5.74, 6) is -0.614. The van der Waals surface area contributed by atoms with E-state index in [-0.39, 0.29) is 16.9 Å². The Bertz CT molecular complexity index is 783. The van der Waals surface area contributed by atoms with Crippen LogP contribution in [0.15, 0.2) is 12.5 Å². The quantitative estimate of drug-likeness (QED) is 0.557. The number of aliphatic hydroxyl groups excluding tert-OH is 2. The van der Waals surface area contributed by atoms with Gasteiger partial charge in [-0.2, -0.15) is 0 Å². The first-order valence-electron chi connectivity index (χ1n) is 6.82. The number of hydrogen-bond donors (Lipinski definition) is 4. The standard InChI is InChI=1S/C13H15FN4O4/c1-12-11(13(12,21)8(20)6(3-19)22-12)18-2-5(14)7-9(15)16-4-17-10(7)18/h2,4,6,8,11,19-21H,3H2,1H3,(H2,15,16,17)/t6-,8+,11-,12?,13?/m1/s1. The number of nitrogens with zero attached hydrogens (tertiary/aromatic N) is 3. The summed E-state index contributed by atoms with van der Waals surface area (Å²) >= 11 is 0. The first kappa shape index (κ1) is 13.8. The van der Waals surface area contributed by atoms with Gasteiger partial charge in [-0.15, -0.1) is 0 Å². The molecule has 2 aliphatic rings. The Morgan fingerprint density at radius 2 is 2.23 bits per heavy atom. The van der Waals surface area contributed by atoms with Crippen LogP contribution in [0.3, 0.4) is 0 Å². The molecule has 22 heavy (non-hydrogen) atoms. The minimum absolute atomic E-state index is 0.00101. The molecule has 5 N–H and O–H groups in total. The summed E-state index contributed by atoms with van der Waals surface area (Å²) in [6, 6.07) is -0.737. The van der Waals surface area contributed by atoms with Crippen LogP contribution in [0.4, 0.5) is 10.2 Å². The fourth-order valence-corrected chi connectivity index (χ4v) is 3.73. The highest BCUT2D eigenvalue weighted by Gasteiger charge is 2.85. The molecule has 2 unspecified atom stereocenters. The summed E-state index contributed by atoms with van der Waals surface area (Å²) in [7, 11) is 0. The van der Waals surface area contributed by atoms with Crippen LogP contribution < -0.4 is 5.73 Å². The average molecular weight is 310 g/mol. The van der Waals surface area contributed by atoms with Crippen molar-refractivity contribution in [3.8, 4) is 0 Å². The second kappa shape index (κ2) is 3.93. The lowest BCUT2D eigenvalue weighted by Gasteiger charge is -2.22. The van der Waals surface area contributed by atoms with Gasteiger partial charge in [-0.3, -0.25) is 0 Å². The SMILES string of the molecule is CC12O[C@H](CO)[C@H](O)C1(O)[C@@H]2n1cc(F)c2c(N)ncnc21. The number of rotatable bonds is 2. The number of aliphatic hydroxyl groups is 3. The topological polar surface area (TPSA) is 127 Å². The third kappa shape index (κ3) is 1.30.